The largest absolute Gasteiger partial charge is 0.497 e. The Morgan fingerprint density at radius 2 is 2.12 bits per heavy atom. The average molecular weight is 375 g/mol. The molecule has 0 bridgehead atoms. The van der Waals surface area contributed by atoms with Crippen molar-refractivity contribution in [2.45, 2.75) is 13.0 Å². The molecule has 0 spiro atoms. The van der Waals surface area contributed by atoms with Crippen molar-refractivity contribution in [3.05, 3.63) is 59.4 Å². The van der Waals surface area contributed by atoms with Gasteiger partial charge in [0.05, 0.1) is 12.9 Å². The van der Waals surface area contributed by atoms with Gasteiger partial charge in [0.1, 0.15) is 11.4 Å². The van der Waals surface area contributed by atoms with Gasteiger partial charge in [0, 0.05) is 25.8 Å². The summed E-state index contributed by atoms with van der Waals surface area (Å²) in [4.78, 5) is 15.9. The molecule has 1 amide bonds. The van der Waals surface area contributed by atoms with Crippen LogP contribution >= 0.6 is 0 Å². The Labute approximate surface area is 153 Å². The van der Waals surface area contributed by atoms with Crippen LogP contribution in [0.15, 0.2) is 42.6 Å². The van der Waals surface area contributed by atoms with Crippen molar-refractivity contribution >= 4 is 15.9 Å². The van der Waals surface area contributed by atoms with E-state index in [0.29, 0.717) is 19.5 Å². The van der Waals surface area contributed by atoms with Crippen LogP contribution in [0.3, 0.4) is 0 Å². The number of rotatable bonds is 6. The molecule has 1 aliphatic heterocycles. The van der Waals surface area contributed by atoms with E-state index in [1.165, 1.54) is 10.5 Å². The number of methoxy groups -OCH3 is 1. The van der Waals surface area contributed by atoms with E-state index < -0.39 is 10.0 Å². The quantitative estimate of drug-likeness (QED) is 0.820. The second kappa shape index (κ2) is 7.84. The average Bonchev–Trinajstić information content (AvgIpc) is 2.67. The highest BCUT2D eigenvalue weighted by molar-refractivity contribution is 7.89. The molecule has 0 aliphatic carbocycles. The van der Waals surface area contributed by atoms with Gasteiger partial charge in [0.2, 0.25) is 10.0 Å². The van der Waals surface area contributed by atoms with E-state index in [-0.39, 0.29) is 23.9 Å². The molecule has 0 saturated carbocycles. The van der Waals surface area contributed by atoms with Gasteiger partial charge in [-0.25, -0.2) is 8.42 Å². The standard InChI is InChI=1S/C18H21N3O4S/c1-25-16-6-5-15-13-21(10-7-14(15)12-16)26(23,24)11-9-20-18(22)17-4-2-3-8-19-17/h2-6,8,12H,7,9-11,13H2,1H3,(H,20,22). The molecule has 26 heavy (non-hydrogen) atoms. The molecule has 1 aliphatic rings. The lowest BCUT2D eigenvalue weighted by Gasteiger charge is -2.28. The first kappa shape index (κ1) is 18.3. The molecular weight excluding hydrogens is 354 g/mol. The van der Waals surface area contributed by atoms with Gasteiger partial charge in [-0.05, 0) is 41.8 Å². The Morgan fingerprint density at radius 3 is 2.85 bits per heavy atom. The number of nitrogens with zero attached hydrogens (tertiary/aromatic N) is 2. The van der Waals surface area contributed by atoms with Crippen LogP contribution in [0.5, 0.6) is 5.75 Å². The fourth-order valence-electron chi connectivity index (χ4n) is 2.88. The number of ether oxygens (including phenoxy) is 1. The van der Waals surface area contributed by atoms with Gasteiger partial charge in [-0.15, -0.1) is 0 Å². The number of benzene rings is 1. The lowest BCUT2D eigenvalue weighted by atomic mass is 10.0. The first-order valence-electron chi connectivity index (χ1n) is 8.32. The Morgan fingerprint density at radius 1 is 1.27 bits per heavy atom. The molecule has 0 atom stereocenters. The van der Waals surface area contributed by atoms with E-state index in [1.807, 2.05) is 18.2 Å². The van der Waals surface area contributed by atoms with Gasteiger partial charge in [-0.3, -0.25) is 9.78 Å². The van der Waals surface area contributed by atoms with E-state index in [1.54, 1.807) is 25.3 Å². The molecule has 3 rings (SSSR count). The lowest BCUT2D eigenvalue weighted by molar-refractivity contribution is 0.0951. The molecule has 1 aromatic carbocycles. The molecule has 7 nitrogen and oxygen atoms in total. The van der Waals surface area contributed by atoms with Crippen molar-refractivity contribution < 1.29 is 17.9 Å². The summed E-state index contributed by atoms with van der Waals surface area (Å²) < 4.78 is 31.8. The summed E-state index contributed by atoms with van der Waals surface area (Å²) in [5, 5.41) is 2.60. The number of carbonyl (C=O) groups excluding carboxylic acids is 1. The number of pyridine rings is 1. The molecule has 0 saturated heterocycles. The summed E-state index contributed by atoms with van der Waals surface area (Å²) >= 11 is 0. The minimum absolute atomic E-state index is 0.0453. The number of carbonyl (C=O) groups is 1. The molecule has 1 N–H and O–H groups in total. The first-order chi connectivity index (χ1) is 12.5. The third-order valence-corrected chi connectivity index (χ3v) is 6.15. The van der Waals surface area contributed by atoms with E-state index in [0.717, 1.165) is 16.9 Å². The minimum atomic E-state index is -3.45. The van der Waals surface area contributed by atoms with Gasteiger partial charge >= 0.3 is 0 Å². The van der Waals surface area contributed by atoms with E-state index in [9.17, 15) is 13.2 Å². The number of fused-ring (bicyclic) bond motifs is 1. The predicted molar refractivity (Wildman–Crippen MR) is 97.5 cm³/mol. The van der Waals surface area contributed by atoms with Crippen molar-refractivity contribution in [1.29, 1.82) is 0 Å². The van der Waals surface area contributed by atoms with Crippen LogP contribution in [0.1, 0.15) is 21.6 Å². The topological polar surface area (TPSA) is 88.6 Å². The molecule has 2 aromatic rings. The molecule has 1 aromatic heterocycles. The van der Waals surface area contributed by atoms with Crippen molar-refractivity contribution in [3.8, 4) is 5.75 Å². The molecule has 0 fully saturated rings. The minimum Gasteiger partial charge on any atom is -0.497 e. The second-order valence-corrected chi connectivity index (χ2v) is 8.09. The molecule has 2 heterocycles. The normalized spacial score (nSPS) is 14.5. The zero-order valence-electron chi connectivity index (χ0n) is 14.5. The van der Waals surface area contributed by atoms with Crippen molar-refractivity contribution in [2.75, 3.05) is 26.0 Å². The fourth-order valence-corrected chi connectivity index (χ4v) is 4.20. The van der Waals surface area contributed by atoms with Crippen molar-refractivity contribution in [1.82, 2.24) is 14.6 Å². The number of sulfonamides is 1. The van der Waals surface area contributed by atoms with Gasteiger partial charge in [0.25, 0.3) is 5.91 Å². The van der Waals surface area contributed by atoms with Crippen molar-refractivity contribution in [2.24, 2.45) is 0 Å². The predicted octanol–water partition coefficient (Wildman–Crippen LogP) is 1.21. The summed E-state index contributed by atoms with van der Waals surface area (Å²) in [5.41, 5.74) is 2.36. The molecule has 8 heteroatoms. The SMILES string of the molecule is COc1ccc2c(c1)CCN(S(=O)(=O)CCNC(=O)c1ccccn1)C2. The molecule has 0 radical (unpaired) electrons. The van der Waals surface area contributed by atoms with E-state index >= 15 is 0 Å². The zero-order valence-corrected chi connectivity index (χ0v) is 15.3. The highest BCUT2D eigenvalue weighted by atomic mass is 32.2. The van der Waals surface area contributed by atoms with Crippen LogP contribution in [0, 0.1) is 0 Å². The third-order valence-electron chi connectivity index (χ3n) is 4.33. The number of aromatic nitrogens is 1. The summed E-state index contributed by atoms with van der Waals surface area (Å²) in [6, 6.07) is 10.7. The smallest absolute Gasteiger partial charge is 0.269 e. The maximum atomic E-state index is 12.6. The van der Waals surface area contributed by atoms with Gasteiger partial charge in [-0.2, -0.15) is 4.31 Å². The number of hydrogen-bond acceptors (Lipinski definition) is 5. The maximum absolute atomic E-state index is 12.6. The highest BCUT2D eigenvalue weighted by Gasteiger charge is 2.26. The van der Waals surface area contributed by atoms with Crippen LogP contribution in [0.4, 0.5) is 0 Å². The van der Waals surface area contributed by atoms with Crippen LogP contribution in [0.2, 0.25) is 0 Å². The number of nitrogens with one attached hydrogen (secondary N) is 1. The zero-order chi connectivity index (χ0) is 18.6. The first-order valence-corrected chi connectivity index (χ1v) is 9.93. The second-order valence-electron chi connectivity index (χ2n) is 6.01. The number of amides is 1. The van der Waals surface area contributed by atoms with E-state index in [2.05, 4.69) is 10.3 Å². The Bertz CT molecular complexity index is 885. The van der Waals surface area contributed by atoms with E-state index in [4.69, 9.17) is 4.74 Å². The van der Waals surface area contributed by atoms with Gasteiger partial charge in [0.15, 0.2) is 0 Å². The highest BCUT2D eigenvalue weighted by Crippen LogP contribution is 2.25. The Balaban J connectivity index is 1.57. The Kier molecular flexibility index (Phi) is 5.53. The van der Waals surface area contributed by atoms with Crippen molar-refractivity contribution in [3.63, 3.8) is 0 Å². The summed E-state index contributed by atoms with van der Waals surface area (Å²) in [5.74, 6) is 0.256. The maximum Gasteiger partial charge on any atom is 0.269 e. The Hall–Kier alpha value is -2.45. The van der Waals surface area contributed by atoms with Gasteiger partial charge in [-0.1, -0.05) is 12.1 Å². The number of hydrogen-bond donors (Lipinski definition) is 1. The summed E-state index contributed by atoms with van der Waals surface area (Å²) in [6.07, 6.45) is 2.16. The van der Waals surface area contributed by atoms with Crippen LogP contribution in [0.25, 0.3) is 0 Å². The monoisotopic (exact) mass is 375 g/mol. The van der Waals surface area contributed by atoms with Crippen LogP contribution in [-0.2, 0) is 23.0 Å². The summed E-state index contributed by atoms with van der Waals surface area (Å²) in [7, 11) is -1.84. The van der Waals surface area contributed by atoms with Crippen LogP contribution in [-0.4, -0.2) is 49.6 Å². The van der Waals surface area contributed by atoms with Crippen LogP contribution < -0.4 is 10.1 Å². The molecular formula is C18H21N3O4S. The molecule has 138 valence electrons. The third kappa shape index (κ3) is 4.20. The summed E-state index contributed by atoms with van der Waals surface area (Å²) in [6.45, 7) is 0.816. The lowest BCUT2D eigenvalue weighted by Crippen LogP contribution is -2.40. The van der Waals surface area contributed by atoms with Gasteiger partial charge < -0.3 is 10.1 Å². The molecule has 0 unspecified atom stereocenters. The fraction of sp³-hybridized carbons (Fsp3) is 0.333.